The Hall–Kier alpha value is -0.870. The van der Waals surface area contributed by atoms with Gasteiger partial charge in [-0.1, -0.05) is 18.0 Å². The third-order valence-corrected chi connectivity index (χ3v) is 2.58. The fourth-order valence-electron chi connectivity index (χ4n) is 1.52. The van der Waals surface area contributed by atoms with E-state index in [1.54, 1.807) is 0 Å². The van der Waals surface area contributed by atoms with Crippen molar-refractivity contribution in [2.24, 2.45) is 5.92 Å². The van der Waals surface area contributed by atoms with Crippen molar-refractivity contribution >= 4 is 0 Å². The van der Waals surface area contributed by atoms with Gasteiger partial charge in [0.15, 0.2) is 5.76 Å². The Morgan fingerprint density at radius 3 is 3.20 bits per heavy atom. The van der Waals surface area contributed by atoms with E-state index in [1.165, 1.54) is 19.3 Å². The standard InChI is InChI=1S/C11H18N2O2/c1-12-7-10-6-11(15-13-10)8-14-5-4-9-2-3-9/h6,9,12H,2-5,7-8H2,1H3. The second-order valence-corrected chi connectivity index (χ2v) is 4.10. The molecule has 1 aromatic rings. The van der Waals surface area contributed by atoms with E-state index >= 15 is 0 Å². The highest BCUT2D eigenvalue weighted by Gasteiger charge is 2.20. The van der Waals surface area contributed by atoms with Crippen LogP contribution in [0, 0.1) is 5.92 Å². The average Bonchev–Trinajstić information content (AvgIpc) is 2.95. The van der Waals surface area contributed by atoms with Crippen LogP contribution < -0.4 is 5.32 Å². The van der Waals surface area contributed by atoms with Gasteiger partial charge in [0.2, 0.25) is 0 Å². The summed E-state index contributed by atoms with van der Waals surface area (Å²) in [5, 5.41) is 6.94. The summed E-state index contributed by atoms with van der Waals surface area (Å²) in [5.41, 5.74) is 0.929. The number of nitrogens with one attached hydrogen (secondary N) is 1. The van der Waals surface area contributed by atoms with E-state index in [1.807, 2.05) is 13.1 Å². The molecule has 1 aliphatic rings. The Bertz CT molecular complexity index is 295. The molecule has 4 nitrogen and oxygen atoms in total. The molecule has 1 fully saturated rings. The average molecular weight is 210 g/mol. The first-order valence-electron chi connectivity index (χ1n) is 5.55. The SMILES string of the molecule is CNCc1cc(COCCC2CC2)on1. The van der Waals surface area contributed by atoms with Gasteiger partial charge in [0.25, 0.3) is 0 Å². The maximum atomic E-state index is 5.51. The van der Waals surface area contributed by atoms with E-state index in [2.05, 4.69) is 10.5 Å². The Balaban J connectivity index is 1.63. The molecule has 0 saturated heterocycles. The van der Waals surface area contributed by atoms with Gasteiger partial charge in [-0.2, -0.15) is 0 Å². The molecular weight excluding hydrogens is 192 g/mol. The minimum absolute atomic E-state index is 0.545. The van der Waals surface area contributed by atoms with Crippen molar-refractivity contribution in [3.8, 4) is 0 Å². The highest BCUT2D eigenvalue weighted by Crippen LogP contribution is 2.32. The molecule has 1 aromatic heterocycles. The maximum Gasteiger partial charge on any atom is 0.162 e. The van der Waals surface area contributed by atoms with Crippen LogP contribution in [0.2, 0.25) is 0 Å². The third kappa shape index (κ3) is 3.64. The summed E-state index contributed by atoms with van der Waals surface area (Å²) in [6.45, 7) is 2.13. The first-order chi connectivity index (χ1) is 7.38. The molecule has 0 spiro atoms. The molecule has 0 amide bonds. The van der Waals surface area contributed by atoms with Crippen molar-refractivity contribution in [1.29, 1.82) is 0 Å². The summed E-state index contributed by atoms with van der Waals surface area (Å²) in [7, 11) is 1.89. The highest BCUT2D eigenvalue weighted by atomic mass is 16.5. The number of hydrogen-bond donors (Lipinski definition) is 1. The topological polar surface area (TPSA) is 47.3 Å². The number of nitrogens with zero attached hydrogens (tertiary/aromatic N) is 1. The summed E-state index contributed by atoms with van der Waals surface area (Å²) >= 11 is 0. The normalized spacial score (nSPS) is 15.8. The van der Waals surface area contributed by atoms with Crippen LogP contribution in [-0.4, -0.2) is 18.8 Å². The van der Waals surface area contributed by atoms with Crippen LogP contribution >= 0.6 is 0 Å². The van der Waals surface area contributed by atoms with Gasteiger partial charge < -0.3 is 14.6 Å². The first kappa shape index (κ1) is 10.6. The van der Waals surface area contributed by atoms with Gasteiger partial charge in [-0.05, 0) is 19.4 Å². The van der Waals surface area contributed by atoms with E-state index in [9.17, 15) is 0 Å². The Morgan fingerprint density at radius 1 is 1.60 bits per heavy atom. The summed E-state index contributed by atoms with van der Waals surface area (Å²) in [5.74, 6) is 1.75. The van der Waals surface area contributed by atoms with Crippen LogP contribution in [0.3, 0.4) is 0 Å². The fourth-order valence-corrected chi connectivity index (χ4v) is 1.52. The van der Waals surface area contributed by atoms with Crippen LogP contribution in [-0.2, 0) is 17.9 Å². The number of aromatic nitrogens is 1. The van der Waals surface area contributed by atoms with Crippen LogP contribution in [0.4, 0.5) is 0 Å². The molecule has 1 aliphatic carbocycles. The Labute approximate surface area is 90.0 Å². The number of hydrogen-bond acceptors (Lipinski definition) is 4. The van der Waals surface area contributed by atoms with Crippen molar-refractivity contribution in [1.82, 2.24) is 10.5 Å². The fraction of sp³-hybridized carbons (Fsp3) is 0.727. The van der Waals surface area contributed by atoms with E-state index in [4.69, 9.17) is 9.26 Å². The third-order valence-electron chi connectivity index (χ3n) is 2.58. The zero-order chi connectivity index (χ0) is 10.5. The molecule has 0 radical (unpaired) electrons. The monoisotopic (exact) mass is 210 g/mol. The molecule has 0 atom stereocenters. The van der Waals surface area contributed by atoms with Crippen LogP contribution in [0.5, 0.6) is 0 Å². The minimum Gasteiger partial charge on any atom is -0.373 e. The van der Waals surface area contributed by atoms with Gasteiger partial charge in [-0.3, -0.25) is 0 Å². The van der Waals surface area contributed by atoms with E-state index in [0.29, 0.717) is 6.61 Å². The lowest BCUT2D eigenvalue weighted by atomic mass is 10.3. The van der Waals surface area contributed by atoms with Crippen molar-refractivity contribution in [3.63, 3.8) is 0 Å². The largest absolute Gasteiger partial charge is 0.373 e. The molecule has 15 heavy (non-hydrogen) atoms. The van der Waals surface area contributed by atoms with Gasteiger partial charge >= 0.3 is 0 Å². The lowest BCUT2D eigenvalue weighted by Gasteiger charge is -1.99. The highest BCUT2D eigenvalue weighted by molar-refractivity contribution is 5.03. The molecule has 1 N–H and O–H groups in total. The van der Waals surface area contributed by atoms with Gasteiger partial charge in [0, 0.05) is 19.2 Å². The van der Waals surface area contributed by atoms with Gasteiger partial charge in [0.05, 0.1) is 5.69 Å². The van der Waals surface area contributed by atoms with Gasteiger partial charge in [-0.15, -0.1) is 0 Å². The van der Waals surface area contributed by atoms with E-state index in [0.717, 1.165) is 30.5 Å². The molecule has 1 heterocycles. The van der Waals surface area contributed by atoms with Crippen molar-refractivity contribution < 1.29 is 9.26 Å². The zero-order valence-corrected chi connectivity index (χ0v) is 9.16. The molecule has 2 rings (SSSR count). The zero-order valence-electron chi connectivity index (χ0n) is 9.16. The van der Waals surface area contributed by atoms with Crippen molar-refractivity contribution in [3.05, 3.63) is 17.5 Å². The van der Waals surface area contributed by atoms with Crippen molar-refractivity contribution in [2.45, 2.75) is 32.4 Å². The van der Waals surface area contributed by atoms with E-state index in [-0.39, 0.29) is 0 Å². The van der Waals surface area contributed by atoms with Crippen LogP contribution in [0.15, 0.2) is 10.6 Å². The minimum atomic E-state index is 0.545. The lowest BCUT2D eigenvalue weighted by molar-refractivity contribution is 0.0961. The lowest BCUT2D eigenvalue weighted by Crippen LogP contribution is -2.04. The summed E-state index contributed by atoms with van der Waals surface area (Å²) in [6.07, 6.45) is 3.97. The number of rotatable bonds is 7. The van der Waals surface area contributed by atoms with Crippen LogP contribution in [0.1, 0.15) is 30.7 Å². The van der Waals surface area contributed by atoms with Gasteiger partial charge in [0.1, 0.15) is 6.61 Å². The second-order valence-electron chi connectivity index (χ2n) is 4.10. The summed E-state index contributed by atoms with van der Waals surface area (Å²) < 4.78 is 10.6. The maximum absolute atomic E-state index is 5.51. The first-order valence-corrected chi connectivity index (χ1v) is 5.55. The molecule has 4 heteroatoms. The Morgan fingerprint density at radius 2 is 2.47 bits per heavy atom. The summed E-state index contributed by atoms with van der Waals surface area (Å²) in [6, 6.07) is 1.94. The van der Waals surface area contributed by atoms with Crippen LogP contribution in [0.25, 0.3) is 0 Å². The Kier molecular flexibility index (Phi) is 3.75. The molecule has 1 saturated carbocycles. The predicted molar refractivity (Wildman–Crippen MR) is 56.3 cm³/mol. The smallest absolute Gasteiger partial charge is 0.162 e. The molecule has 0 aliphatic heterocycles. The predicted octanol–water partition coefficient (Wildman–Crippen LogP) is 1.71. The van der Waals surface area contributed by atoms with Crippen molar-refractivity contribution in [2.75, 3.05) is 13.7 Å². The second kappa shape index (κ2) is 5.28. The quantitative estimate of drug-likeness (QED) is 0.696. The molecule has 0 bridgehead atoms. The molecular formula is C11H18N2O2. The van der Waals surface area contributed by atoms with Gasteiger partial charge in [-0.25, -0.2) is 0 Å². The van der Waals surface area contributed by atoms with E-state index < -0.39 is 0 Å². The molecule has 84 valence electrons. The number of ether oxygens (including phenoxy) is 1. The molecule has 0 aromatic carbocycles. The summed E-state index contributed by atoms with van der Waals surface area (Å²) in [4.78, 5) is 0. The molecule has 0 unspecified atom stereocenters.